The first-order valence-electron chi connectivity index (χ1n) is 6.35. The van der Waals surface area contributed by atoms with Crippen molar-refractivity contribution in [1.82, 2.24) is 10.5 Å². The zero-order valence-corrected chi connectivity index (χ0v) is 11.8. The predicted octanol–water partition coefficient (Wildman–Crippen LogP) is 3.60. The number of benzene rings is 2. The Labute approximate surface area is 125 Å². The number of carbonyl (C=O) groups is 1. The molecule has 3 rings (SSSR count). The molecule has 2 aromatic carbocycles. The summed E-state index contributed by atoms with van der Waals surface area (Å²) in [5, 5.41) is 9.65. The number of hydrogen-bond donors (Lipinski definition) is 2. The topological polar surface area (TPSA) is 62.2 Å². The Morgan fingerprint density at radius 1 is 0.952 bits per heavy atom. The standard InChI is InChI=1S/C16H12N2O2S/c19-15(18-20)13-14(11-7-3-1-4-8-11)21-16(17-13)12-9-5-2-6-10-12/h1-10,20H,(H,18,19). The molecule has 1 amide bonds. The number of nitrogens with zero attached hydrogens (tertiary/aromatic N) is 1. The lowest BCUT2D eigenvalue weighted by Crippen LogP contribution is -2.19. The van der Waals surface area contributed by atoms with Crippen LogP contribution in [0.1, 0.15) is 10.5 Å². The van der Waals surface area contributed by atoms with Crippen molar-refractivity contribution in [2.24, 2.45) is 0 Å². The third-order valence-corrected chi connectivity index (χ3v) is 4.15. The van der Waals surface area contributed by atoms with E-state index in [4.69, 9.17) is 5.21 Å². The van der Waals surface area contributed by atoms with Crippen LogP contribution in [0.15, 0.2) is 60.7 Å². The van der Waals surface area contributed by atoms with Gasteiger partial charge in [-0.2, -0.15) is 0 Å². The van der Waals surface area contributed by atoms with E-state index in [0.717, 1.165) is 21.0 Å². The summed E-state index contributed by atoms with van der Waals surface area (Å²) in [6.45, 7) is 0. The summed E-state index contributed by atoms with van der Waals surface area (Å²) < 4.78 is 0. The number of nitrogens with one attached hydrogen (secondary N) is 1. The zero-order valence-electron chi connectivity index (χ0n) is 11.0. The van der Waals surface area contributed by atoms with E-state index in [-0.39, 0.29) is 5.69 Å². The van der Waals surface area contributed by atoms with Gasteiger partial charge in [-0.05, 0) is 5.56 Å². The molecule has 2 N–H and O–H groups in total. The van der Waals surface area contributed by atoms with Crippen molar-refractivity contribution in [1.29, 1.82) is 0 Å². The van der Waals surface area contributed by atoms with Gasteiger partial charge in [0.25, 0.3) is 5.91 Å². The van der Waals surface area contributed by atoms with Gasteiger partial charge in [0.1, 0.15) is 10.7 Å². The van der Waals surface area contributed by atoms with Gasteiger partial charge >= 0.3 is 0 Å². The lowest BCUT2D eigenvalue weighted by Gasteiger charge is -1.99. The third-order valence-electron chi connectivity index (χ3n) is 3.00. The van der Waals surface area contributed by atoms with Gasteiger partial charge in [-0.15, -0.1) is 11.3 Å². The summed E-state index contributed by atoms with van der Waals surface area (Å²) in [5.74, 6) is -0.604. The van der Waals surface area contributed by atoms with Crippen molar-refractivity contribution in [3.63, 3.8) is 0 Å². The molecule has 4 nitrogen and oxygen atoms in total. The fourth-order valence-corrected chi connectivity index (χ4v) is 3.09. The van der Waals surface area contributed by atoms with Crippen molar-refractivity contribution in [3.8, 4) is 21.0 Å². The molecule has 0 unspecified atom stereocenters. The SMILES string of the molecule is O=C(NO)c1nc(-c2ccccc2)sc1-c1ccccc1. The van der Waals surface area contributed by atoms with Crippen LogP contribution in [0.2, 0.25) is 0 Å². The number of amides is 1. The number of aromatic nitrogens is 1. The highest BCUT2D eigenvalue weighted by Crippen LogP contribution is 2.35. The first kappa shape index (κ1) is 13.5. The molecule has 3 aromatic rings. The Bertz CT molecular complexity index is 754. The number of carbonyl (C=O) groups excluding carboxylic acids is 1. The van der Waals surface area contributed by atoms with Gasteiger partial charge in [0.2, 0.25) is 0 Å². The minimum atomic E-state index is -0.604. The van der Waals surface area contributed by atoms with Crippen LogP contribution < -0.4 is 5.48 Å². The van der Waals surface area contributed by atoms with Crippen molar-refractivity contribution in [2.75, 3.05) is 0 Å². The van der Waals surface area contributed by atoms with E-state index in [9.17, 15) is 4.79 Å². The van der Waals surface area contributed by atoms with Crippen molar-refractivity contribution in [2.45, 2.75) is 0 Å². The molecule has 104 valence electrons. The van der Waals surface area contributed by atoms with Gasteiger partial charge in [0, 0.05) is 5.56 Å². The fraction of sp³-hybridized carbons (Fsp3) is 0. The Morgan fingerprint density at radius 2 is 1.52 bits per heavy atom. The van der Waals surface area contributed by atoms with Crippen LogP contribution in [0.4, 0.5) is 0 Å². The Morgan fingerprint density at radius 3 is 2.10 bits per heavy atom. The first-order chi connectivity index (χ1) is 10.3. The van der Waals surface area contributed by atoms with E-state index in [2.05, 4.69) is 4.98 Å². The van der Waals surface area contributed by atoms with Gasteiger partial charge in [0.15, 0.2) is 0 Å². The number of hydrogen-bond acceptors (Lipinski definition) is 4. The average Bonchev–Trinajstić information content (AvgIpc) is 3.01. The molecule has 0 fully saturated rings. The monoisotopic (exact) mass is 296 g/mol. The number of thiazole rings is 1. The van der Waals surface area contributed by atoms with Crippen molar-refractivity contribution < 1.29 is 10.0 Å². The van der Waals surface area contributed by atoms with Crippen LogP contribution in [0, 0.1) is 0 Å². The van der Waals surface area contributed by atoms with Crippen LogP contribution in [0.25, 0.3) is 21.0 Å². The highest BCUT2D eigenvalue weighted by atomic mass is 32.1. The van der Waals surface area contributed by atoms with Gasteiger partial charge in [-0.25, -0.2) is 10.5 Å². The highest BCUT2D eigenvalue weighted by molar-refractivity contribution is 7.18. The molecular formula is C16H12N2O2S. The van der Waals surface area contributed by atoms with E-state index in [1.807, 2.05) is 60.7 Å². The summed E-state index contributed by atoms with van der Waals surface area (Å²) in [7, 11) is 0. The molecule has 0 spiro atoms. The van der Waals surface area contributed by atoms with E-state index >= 15 is 0 Å². The number of hydroxylamine groups is 1. The molecule has 0 radical (unpaired) electrons. The van der Waals surface area contributed by atoms with Crippen LogP contribution in [0.5, 0.6) is 0 Å². The Kier molecular flexibility index (Phi) is 3.77. The summed E-state index contributed by atoms with van der Waals surface area (Å²) in [6, 6.07) is 19.2. The van der Waals surface area contributed by atoms with E-state index in [1.165, 1.54) is 11.3 Å². The van der Waals surface area contributed by atoms with E-state index in [0.29, 0.717) is 0 Å². The van der Waals surface area contributed by atoms with Gasteiger partial charge in [-0.3, -0.25) is 10.0 Å². The molecule has 5 heteroatoms. The fourth-order valence-electron chi connectivity index (χ4n) is 2.02. The maximum Gasteiger partial charge on any atom is 0.294 e. The molecule has 0 atom stereocenters. The maximum absolute atomic E-state index is 11.8. The normalized spacial score (nSPS) is 10.3. The summed E-state index contributed by atoms with van der Waals surface area (Å²) >= 11 is 1.43. The zero-order chi connectivity index (χ0) is 14.7. The molecule has 21 heavy (non-hydrogen) atoms. The molecule has 1 heterocycles. The van der Waals surface area contributed by atoms with E-state index < -0.39 is 5.91 Å². The molecule has 0 saturated carbocycles. The molecular weight excluding hydrogens is 284 g/mol. The first-order valence-corrected chi connectivity index (χ1v) is 7.17. The largest absolute Gasteiger partial charge is 0.294 e. The third kappa shape index (κ3) is 2.69. The average molecular weight is 296 g/mol. The van der Waals surface area contributed by atoms with Crippen LogP contribution in [-0.2, 0) is 0 Å². The highest BCUT2D eigenvalue weighted by Gasteiger charge is 2.19. The molecule has 0 aliphatic rings. The Balaban J connectivity index is 2.14. The minimum absolute atomic E-state index is 0.229. The van der Waals surface area contributed by atoms with Gasteiger partial charge in [0.05, 0.1) is 4.88 Å². The van der Waals surface area contributed by atoms with Crippen LogP contribution >= 0.6 is 11.3 Å². The van der Waals surface area contributed by atoms with Crippen LogP contribution in [-0.4, -0.2) is 16.1 Å². The Hall–Kier alpha value is -2.50. The summed E-state index contributed by atoms with van der Waals surface area (Å²) in [6.07, 6.45) is 0. The number of rotatable bonds is 3. The van der Waals surface area contributed by atoms with Gasteiger partial charge in [-0.1, -0.05) is 60.7 Å². The lowest BCUT2D eigenvalue weighted by molar-refractivity contribution is 0.0702. The smallest absolute Gasteiger partial charge is 0.288 e. The maximum atomic E-state index is 11.8. The molecule has 1 aromatic heterocycles. The van der Waals surface area contributed by atoms with Crippen molar-refractivity contribution in [3.05, 3.63) is 66.4 Å². The van der Waals surface area contributed by atoms with Gasteiger partial charge < -0.3 is 0 Å². The molecule has 0 saturated heterocycles. The minimum Gasteiger partial charge on any atom is -0.288 e. The molecule has 0 aliphatic carbocycles. The van der Waals surface area contributed by atoms with Crippen molar-refractivity contribution >= 4 is 17.2 Å². The summed E-state index contributed by atoms with van der Waals surface area (Å²) in [4.78, 5) is 16.9. The lowest BCUT2D eigenvalue weighted by atomic mass is 10.1. The van der Waals surface area contributed by atoms with E-state index in [1.54, 1.807) is 5.48 Å². The second-order valence-corrected chi connectivity index (χ2v) is 5.37. The predicted molar refractivity (Wildman–Crippen MR) is 82.2 cm³/mol. The quantitative estimate of drug-likeness (QED) is 0.573. The second kappa shape index (κ2) is 5.87. The molecule has 0 bridgehead atoms. The van der Waals surface area contributed by atoms with Crippen LogP contribution in [0.3, 0.4) is 0 Å². The summed E-state index contributed by atoms with van der Waals surface area (Å²) in [5.41, 5.74) is 3.73. The second-order valence-electron chi connectivity index (χ2n) is 4.37. The molecule has 0 aliphatic heterocycles.